The lowest BCUT2D eigenvalue weighted by Gasteiger charge is -2.16. The molecule has 3 rings (SSSR count). The number of rotatable bonds is 8. The van der Waals surface area contributed by atoms with Crippen LogP contribution in [0, 0.1) is 5.41 Å². The van der Waals surface area contributed by atoms with Gasteiger partial charge in [0, 0.05) is 17.5 Å². The van der Waals surface area contributed by atoms with Gasteiger partial charge in [-0.2, -0.15) is 0 Å². The molecule has 1 aromatic heterocycles. The van der Waals surface area contributed by atoms with Crippen LogP contribution >= 0.6 is 11.8 Å². The van der Waals surface area contributed by atoms with E-state index < -0.39 is 0 Å². The molecule has 6 heteroatoms. The van der Waals surface area contributed by atoms with E-state index in [4.69, 9.17) is 4.74 Å². The molecule has 0 N–H and O–H groups in total. The predicted molar refractivity (Wildman–Crippen MR) is 117 cm³/mol. The second-order valence-electron chi connectivity index (χ2n) is 7.88. The van der Waals surface area contributed by atoms with E-state index in [9.17, 15) is 4.79 Å². The van der Waals surface area contributed by atoms with E-state index in [0.717, 1.165) is 35.3 Å². The van der Waals surface area contributed by atoms with E-state index in [-0.39, 0.29) is 11.2 Å². The third kappa shape index (κ3) is 5.48. The zero-order valence-electron chi connectivity index (χ0n) is 17.4. The average Bonchev–Trinajstić information content (AvgIpc) is 3.13. The van der Waals surface area contributed by atoms with Gasteiger partial charge >= 0.3 is 0 Å². The number of Topliss-reactive ketones (excluding diaryl/α,β-unsaturated/α-hetero) is 1. The molecule has 5 nitrogen and oxygen atoms in total. The van der Waals surface area contributed by atoms with Gasteiger partial charge in [0.2, 0.25) is 0 Å². The fourth-order valence-corrected chi connectivity index (χ4v) is 3.91. The Labute approximate surface area is 176 Å². The summed E-state index contributed by atoms with van der Waals surface area (Å²) in [4.78, 5) is 12.4. The minimum Gasteiger partial charge on any atom is -0.497 e. The molecule has 0 saturated carbocycles. The molecule has 0 saturated heterocycles. The molecule has 0 spiro atoms. The molecule has 29 heavy (non-hydrogen) atoms. The average molecular weight is 410 g/mol. The highest BCUT2D eigenvalue weighted by Crippen LogP contribution is 2.27. The summed E-state index contributed by atoms with van der Waals surface area (Å²) in [6, 6.07) is 18.1. The van der Waals surface area contributed by atoms with Crippen molar-refractivity contribution in [2.75, 3.05) is 12.9 Å². The van der Waals surface area contributed by atoms with Crippen LogP contribution in [0.3, 0.4) is 0 Å². The van der Waals surface area contributed by atoms with Gasteiger partial charge in [0.25, 0.3) is 0 Å². The van der Waals surface area contributed by atoms with Crippen LogP contribution in [0.1, 0.15) is 26.3 Å². The van der Waals surface area contributed by atoms with Gasteiger partial charge in [0.15, 0.2) is 11.0 Å². The van der Waals surface area contributed by atoms with Crippen molar-refractivity contribution in [3.05, 3.63) is 60.2 Å². The molecule has 0 aliphatic rings. The quantitative estimate of drug-likeness (QED) is 0.495. The lowest BCUT2D eigenvalue weighted by atomic mass is 9.92. The standard InChI is InChI=1S/C23H27N3O2S/c1-23(2,3)20(27)16-29-22-25-24-21(18-10-12-19(28-4)13-11-18)26(22)15-14-17-8-6-5-7-9-17/h5-13H,14-16H2,1-4H3. The highest BCUT2D eigenvalue weighted by Gasteiger charge is 2.23. The fourth-order valence-electron chi connectivity index (χ4n) is 2.78. The molecule has 152 valence electrons. The molecule has 0 fully saturated rings. The number of thioether (sulfide) groups is 1. The summed E-state index contributed by atoms with van der Waals surface area (Å²) in [7, 11) is 1.65. The summed E-state index contributed by atoms with van der Waals surface area (Å²) in [6.07, 6.45) is 0.864. The first-order valence-corrected chi connectivity index (χ1v) is 10.6. The van der Waals surface area contributed by atoms with Crippen LogP contribution in [0.5, 0.6) is 5.75 Å². The fraction of sp³-hybridized carbons (Fsp3) is 0.348. The van der Waals surface area contributed by atoms with Crippen LogP contribution in [0.4, 0.5) is 0 Å². The second kappa shape index (κ2) is 9.27. The normalized spacial score (nSPS) is 11.4. The van der Waals surface area contributed by atoms with Crippen molar-refractivity contribution in [3.63, 3.8) is 0 Å². The number of aromatic nitrogens is 3. The van der Waals surface area contributed by atoms with Crippen LogP contribution in [-0.4, -0.2) is 33.4 Å². The first-order chi connectivity index (χ1) is 13.9. The Bertz CT molecular complexity index is 945. The summed E-state index contributed by atoms with van der Waals surface area (Å²) in [5, 5.41) is 9.60. The van der Waals surface area contributed by atoms with Crippen molar-refractivity contribution >= 4 is 17.5 Å². The monoisotopic (exact) mass is 409 g/mol. The van der Waals surface area contributed by atoms with Crippen molar-refractivity contribution in [3.8, 4) is 17.1 Å². The van der Waals surface area contributed by atoms with Crippen molar-refractivity contribution in [1.29, 1.82) is 0 Å². The van der Waals surface area contributed by atoms with Crippen LogP contribution in [0.15, 0.2) is 59.8 Å². The molecule has 0 bridgehead atoms. The Morgan fingerprint density at radius 1 is 1.03 bits per heavy atom. The minimum absolute atomic E-state index is 0.200. The summed E-state index contributed by atoms with van der Waals surface area (Å²) >= 11 is 1.46. The first-order valence-electron chi connectivity index (χ1n) is 9.66. The molecule has 0 atom stereocenters. The highest BCUT2D eigenvalue weighted by atomic mass is 32.2. The number of ketones is 1. The van der Waals surface area contributed by atoms with E-state index in [1.165, 1.54) is 17.3 Å². The zero-order valence-corrected chi connectivity index (χ0v) is 18.2. The second-order valence-corrected chi connectivity index (χ2v) is 8.83. The Morgan fingerprint density at radius 2 is 1.72 bits per heavy atom. The van der Waals surface area contributed by atoms with Crippen LogP contribution in [0.25, 0.3) is 11.4 Å². The molecular formula is C23H27N3O2S. The topological polar surface area (TPSA) is 57.0 Å². The van der Waals surface area contributed by atoms with Gasteiger partial charge < -0.3 is 9.30 Å². The van der Waals surface area contributed by atoms with Crippen LogP contribution in [-0.2, 0) is 17.8 Å². The summed E-state index contributed by atoms with van der Waals surface area (Å²) in [5.74, 6) is 2.19. The van der Waals surface area contributed by atoms with Crippen molar-refractivity contribution < 1.29 is 9.53 Å². The number of methoxy groups -OCH3 is 1. The van der Waals surface area contributed by atoms with Gasteiger partial charge in [0.1, 0.15) is 11.5 Å². The smallest absolute Gasteiger partial charge is 0.191 e. The predicted octanol–water partition coefficient (Wildman–Crippen LogP) is 4.90. The Hall–Kier alpha value is -2.60. The molecule has 3 aromatic rings. The van der Waals surface area contributed by atoms with Gasteiger partial charge in [-0.25, -0.2) is 0 Å². The largest absolute Gasteiger partial charge is 0.497 e. The van der Waals surface area contributed by atoms with Gasteiger partial charge in [0.05, 0.1) is 12.9 Å². The molecule has 1 heterocycles. The number of hydrogen-bond donors (Lipinski definition) is 0. The van der Waals surface area contributed by atoms with Crippen molar-refractivity contribution in [1.82, 2.24) is 14.8 Å². The maximum atomic E-state index is 12.4. The minimum atomic E-state index is -0.360. The molecule has 0 aliphatic carbocycles. The van der Waals surface area contributed by atoms with E-state index in [2.05, 4.69) is 26.9 Å². The number of aryl methyl sites for hydroxylation is 1. The lowest BCUT2D eigenvalue weighted by Crippen LogP contribution is -2.22. The molecular weight excluding hydrogens is 382 g/mol. The number of nitrogens with zero attached hydrogens (tertiary/aromatic N) is 3. The van der Waals surface area contributed by atoms with Gasteiger partial charge in [-0.05, 0) is 36.2 Å². The van der Waals surface area contributed by atoms with E-state index in [1.807, 2.05) is 63.2 Å². The highest BCUT2D eigenvalue weighted by molar-refractivity contribution is 7.99. The number of hydrogen-bond acceptors (Lipinski definition) is 5. The van der Waals surface area contributed by atoms with E-state index in [1.54, 1.807) is 7.11 Å². The Kier molecular flexibility index (Phi) is 6.75. The Balaban J connectivity index is 1.86. The van der Waals surface area contributed by atoms with Crippen molar-refractivity contribution in [2.45, 2.75) is 38.9 Å². The van der Waals surface area contributed by atoms with Crippen LogP contribution < -0.4 is 4.74 Å². The van der Waals surface area contributed by atoms with Crippen LogP contribution in [0.2, 0.25) is 0 Å². The first kappa shape index (κ1) is 21.1. The van der Waals surface area contributed by atoms with Crippen molar-refractivity contribution in [2.24, 2.45) is 5.41 Å². The lowest BCUT2D eigenvalue weighted by molar-refractivity contribution is -0.123. The van der Waals surface area contributed by atoms with Gasteiger partial charge in [-0.15, -0.1) is 10.2 Å². The summed E-state index contributed by atoms with van der Waals surface area (Å²) < 4.78 is 7.36. The molecule has 0 radical (unpaired) electrons. The molecule has 2 aromatic carbocycles. The number of carbonyl (C=O) groups excluding carboxylic acids is 1. The third-order valence-electron chi connectivity index (χ3n) is 4.70. The zero-order chi connectivity index (χ0) is 20.9. The summed E-state index contributed by atoms with van der Waals surface area (Å²) in [6.45, 7) is 6.57. The van der Waals surface area contributed by atoms with Gasteiger partial charge in [-0.1, -0.05) is 62.9 Å². The number of carbonyl (C=O) groups is 1. The Morgan fingerprint density at radius 3 is 2.34 bits per heavy atom. The van der Waals surface area contributed by atoms with Gasteiger partial charge in [-0.3, -0.25) is 4.79 Å². The number of ether oxygens (including phenoxy) is 1. The van der Waals surface area contributed by atoms with E-state index in [0.29, 0.717) is 5.75 Å². The number of benzene rings is 2. The van der Waals surface area contributed by atoms with E-state index >= 15 is 0 Å². The molecule has 0 amide bonds. The summed E-state index contributed by atoms with van der Waals surface area (Å²) in [5.41, 5.74) is 1.87. The maximum Gasteiger partial charge on any atom is 0.191 e. The maximum absolute atomic E-state index is 12.4. The third-order valence-corrected chi connectivity index (χ3v) is 5.67. The molecule has 0 aliphatic heterocycles. The SMILES string of the molecule is COc1ccc(-c2nnc(SCC(=O)C(C)(C)C)n2CCc2ccccc2)cc1. The molecule has 0 unspecified atom stereocenters.